The van der Waals surface area contributed by atoms with Crippen LogP contribution in [0, 0.1) is 11.6 Å². The molecule has 0 aliphatic heterocycles. The number of benzene rings is 2. The quantitative estimate of drug-likeness (QED) is 0.241. The molecule has 0 saturated heterocycles. The fraction of sp³-hybridized carbons (Fsp3) is 0.269. The van der Waals surface area contributed by atoms with Gasteiger partial charge in [-0.15, -0.1) is 0 Å². The molecule has 6 nitrogen and oxygen atoms in total. The maximum absolute atomic E-state index is 15.2. The summed E-state index contributed by atoms with van der Waals surface area (Å²) in [5, 5.41) is 4.35. The highest BCUT2D eigenvalue weighted by Crippen LogP contribution is 2.36. The van der Waals surface area contributed by atoms with Crippen molar-refractivity contribution in [1.82, 2.24) is 15.0 Å². The highest BCUT2D eigenvalue weighted by Gasteiger charge is 2.19. The SMILES string of the molecule is COc1nc(NSc2ccccc2Cl)c(F)cc1-c1cc(F)c2nc(NC3CCCCC3)ncc2c1. The van der Waals surface area contributed by atoms with Crippen LogP contribution in [0.4, 0.5) is 20.5 Å². The van der Waals surface area contributed by atoms with E-state index in [0.29, 0.717) is 33.5 Å². The van der Waals surface area contributed by atoms with Crippen molar-refractivity contribution in [3.8, 4) is 17.0 Å². The van der Waals surface area contributed by atoms with Crippen LogP contribution in [0.25, 0.3) is 22.0 Å². The third-order valence-corrected chi connectivity index (χ3v) is 7.43. The minimum Gasteiger partial charge on any atom is -0.480 e. The number of nitrogens with one attached hydrogen (secondary N) is 2. The number of hydrogen-bond donors (Lipinski definition) is 2. The molecule has 0 radical (unpaired) electrons. The number of halogens is 3. The molecule has 1 saturated carbocycles. The van der Waals surface area contributed by atoms with Crippen molar-refractivity contribution in [1.29, 1.82) is 0 Å². The number of rotatable bonds is 7. The number of hydrogen-bond acceptors (Lipinski definition) is 7. The van der Waals surface area contributed by atoms with Gasteiger partial charge in [-0.05, 0) is 60.7 Å². The lowest BCUT2D eigenvalue weighted by molar-refractivity contribution is 0.399. The van der Waals surface area contributed by atoms with E-state index in [9.17, 15) is 4.39 Å². The second-order valence-corrected chi connectivity index (χ2v) is 9.83. The summed E-state index contributed by atoms with van der Waals surface area (Å²) in [6.07, 6.45) is 7.27. The van der Waals surface area contributed by atoms with Gasteiger partial charge in [0.25, 0.3) is 0 Å². The second-order valence-electron chi connectivity index (χ2n) is 8.58. The molecule has 2 aromatic carbocycles. The fourth-order valence-electron chi connectivity index (χ4n) is 4.29. The Labute approximate surface area is 217 Å². The third kappa shape index (κ3) is 5.32. The normalized spacial score (nSPS) is 14.1. The van der Waals surface area contributed by atoms with Gasteiger partial charge in [-0.3, -0.25) is 0 Å². The molecular formula is C26H24ClF2N5OS. The maximum atomic E-state index is 15.2. The van der Waals surface area contributed by atoms with Crippen molar-refractivity contribution in [3.05, 3.63) is 65.3 Å². The summed E-state index contributed by atoms with van der Waals surface area (Å²) in [6, 6.07) is 11.8. The molecule has 4 aromatic rings. The van der Waals surface area contributed by atoms with Crippen LogP contribution in [-0.2, 0) is 0 Å². The van der Waals surface area contributed by atoms with E-state index in [2.05, 4.69) is 25.0 Å². The Morgan fingerprint density at radius 1 is 1.03 bits per heavy atom. The van der Waals surface area contributed by atoms with Crippen LogP contribution in [-0.4, -0.2) is 28.1 Å². The first-order chi connectivity index (χ1) is 17.5. The van der Waals surface area contributed by atoms with Crippen molar-refractivity contribution in [3.63, 3.8) is 0 Å². The predicted octanol–water partition coefficient (Wildman–Crippen LogP) is 7.50. The summed E-state index contributed by atoms with van der Waals surface area (Å²) in [5.74, 6) is -0.611. The summed E-state index contributed by atoms with van der Waals surface area (Å²) >= 11 is 7.30. The molecule has 1 aliphatic rings. The van der Waals surface area contributed by atoms with Gasteiger partial charge in [0.15, 0.2) is 11.6 Å². The highest BCUT2D eigenvalue weighted by molar-refractivity contribution is 8.00. The van der Waals surface area contributed by atoms with E-state index >= 15 is 4.39 Å². The smallest absolute Gasteiger partial charge is 0.223 e. The van der Waals surface area contributed by atoms with Crippen molar-refractivity contribution in [2.75, 3.05) is 17.1 Å². The molecule has 1 fully saturated rings. The number of anilines is 2. The van der Waals surface area contributed by atoms with Crippen LogP contribution >= 0.6 is 23.5 Å². The molecule has 2 aromatic heterocycles. The molecule has 0 atom stereocenters. The van der Waals surface area contributed by atoms with Crippen molar-refractivity contribution in [2.24, 2.45) is 0 Å². The van der Waals surface area contributed by atoms with E-state index < -0.39 is 11.6 Å². The van der Waals surface area contributed by atoms with Crippen molar-refractivity contribution in [2.45, 2.75) is 43.0 Å². The average molecular weight is 528 g/mol. The topological polar surface area (TPSA) is 72.0 Å². The number of aromatic nitrogens is 3. The van der Waals surface area contributed by atoms with E-state index in [1.54, 1.807) is 24.4 Å². The van der Waals surface area contributed by atoms with Crippen LogP contribution < -0.4 is 14.8 Å². The van der Waals surface area contributed by atoms with Gasteiger partial charge in [-0.1, -0.05) is 43.0 Å². The molecule has 2 N–H and O–H groups in total. The van der Waals surface area contributed by atoms with Gasteiger partial charge in [0.2, 0.25) is 11.8 Å². The van der Waals surface area contributed by atoms with Crippen molar-refractivity contribution < 1.29 is 13.5 Å². The van der Waals surface area contributed by atoms with E-state index in [4.69, 9.17) is 16.3 Å². The molecule has 10 heteroatoms. The molecule has 36 heavy (non-hydrogen) atoms. The number of ether oxygens (including phenoxy) is 1. The Morgan fingerprint density at radius 2 is 1.83 bits per heavy atom. The molecule has 0 spiro atoms. The van der Waals surface area contributed by atoms with E-state index in [-0.39, 0.29) is 17.2 Å². The highest BCUT2D eigenvalue weighted by atomic mass is 35.5. The minimum absolute atomic E-state index is 0.0245. The lowest BCUT2D eigenvalue weighted by Crippen LogP contribution is -2.23. The number of pyridine rings is 1. The summed E-state index contributed by atoms with van der Waals surface area (Å²) in [7, 11) is 1.43. The first-order valence-corrected chi connectivity index (χ1v) is 12.9. The van der Waals surface area contributed by atoms with E-state index in [0.717, 1.165) is 29.7 Å². The van der Waals surface area contributed by atoms with Crippen LogP contribution in [0.15, 0.2) is 53.6 Å². The van der Waals surface area contributed by atoms with Gasteiger partial charge in [-0.25, -0.2) is 18.7 Å². The minimum atomic E-state index is -0.617. The zero-order chi connectivity index (χ0) is 25.1. The Hall–Kier alpha value is -3.17. The van der Waals surface area contributed by atoms with Crippen LogP contribution in [0.3, 0.4) is 0 Å². The van der Waals surface area contributed by atoms with Crippen molar-refractivity contribution >= 4 is 46.2 Å². The first-order valence-electron chi connectivity index (χ1n) is 11.7. The zero-order valence-electron chi connectivity index (χ0n) is 19.5. The Kier molecular flexibility index (Phi) is 7.38. The van der Waals surface area contributed by atoms with Gasteiger partial charge in [-0.2, -0.15) is 4.98 Å². The molecule has 5 rings (SSSR count). The molecular weight excluding hydrogens is 504 g/mol. The monoisotopic (exact) mass is 527 g/mol. The Balaban J connectivity index is 1.42. The number of methoxy groups -OCH3 is 1. The van der Waals surface area contributed by atoms with Crippen LogP contribution in [0.5, 0.6) is 5.88 Å². The maximum Gasteiger partial charge on any atom is 0.223 e. The summed E-state index contributed by atoms with van der Waals surface area (Å²) in [4.78, 5) is 13.8. The summed E-state index contributed by atoms with van der Waals surface area (Å²) in [5.41, 5.74) is 0.924. The number of nitrogens with zero attached hydrogens (tertiary/aromatic N) is 3. The van der Waals surface area contributed by atoms with E-state index in [1.807, 2.05) is 12.1 Å². The van der Waals surface area contributed by atoms with Crippen LogP contribution in [0.2, 0.25) is 5.02 Å². The summed E-state index contributed by atoms with van der Waals surface area (Å²) < 4.78 is 38.4. The second kappa shape index (κ2) is 10.8. The first kappa shape index (κ1) is 24.5. The molecule has 0 unspecified atom stereocenters. The van der Waals surface area contributed by atoms with Crippen LogP contribution in [0.1, 0.15) is 32.1 Å². The Morgan fingerprint density at radius 3 is 2.61 bits per heavy atom. The lowest BCUT2D eigenvalue weighted by Gasteiger charge is -2.22. The Bertz CT molecular complexity index is 1400. The number of fused-ring (bicyclic) bond motifs is 1. The largest absolute Gasteiger partial charge is 0.480 e. The van der Waals surface area contributed by atoms with Gasteiger partial charge in [0.1, 0.15) is 11.3 Å². The van der Waals surface area contributed by atoms with Gasteiger partial charge >= 0.3 is 0 Å². The fourth-order valence-corrected chi connectivity index (χ4v) is 5.21. The van der Waals surface area contributed by atoms with Gasteiger partial charge in [0.05, 0.1) is 12.1 Å². The van der Waals surface area contributed by atoms with E-state index in [1.165, 1.54) is 38.5 Å². The molecule has 0 amide bonds. The van der Waals surface area contributed by atoms with Gasteiger partial charge < -0.3 is 14.8 Å². The zero-order valence-corrected chi connectivity index (χ0v) is 21.1. The lowest BCUT2D eigenvalue weighted by atomic mass is 9.96. The van der Waals surface area contributed by atoms with Gasteiger partial charge in [0, 0.05) is 28.1 Å². The third-order valence-electron chi connectivity index (χ3n) is 6.11. The molecule has 1 aliphatic carbocycles. The molecule has 186 valence electrons. The summed E-state index contributed by atoms with van der Waals surface area (Å²) in [6.45, 7) is 0. The standard InChI is InChI=1S/C26H24ClF2N5OS/c1-35-25-18(13-21(29)24(33-25)34-36-22-10-6-5-9-19(22)27)15-11-16-14-30-26(32-23(16)20(28)12-15)31-17-7-3-2-4-8-17/h5-6,9-14,17H,2-4,7-8H2,1H3,(H,33,34)(H,30,31,32). The average Bonchev–Trinajstić information content (AvgIpc) is 2.89. The molecule has 0 bridgehead atoms. The molecule has 2 heterocycles. The predicted molar refractivity (Wildman–Crippen MR) is 141 cm³/mol.